The van der Waals surface area contributed by atoms with Crippen molar-refractivity contribution in [2.45, 2.75) is 32.2 Å². The van der Waals surface area contributed by atoms with E-state index in [0.29, 0.717) is 5.69 Å². The van der Waals surface area contributed by atoms with Gasteiger partial charge in [0.25, 0.3) is 5.91 Å². The highest BCUT2D eigenvalue weighted by atomic mass is 16.5. The molecule has 1 N–H and O–H groups in total. The monoisotopic (exact) mass is 270 g/mol. The SMILES string of the molecule is CCC1CC(NC(=O)c2cc(-c3ccccc3)no2)C1. The Kier molecular flexibility index (Phi) is 3.54. The van der Waals surface area contributed by atoms with Crippen LogP contribution in [0.15, 0.2) is 40.9 Å². The van der Waals surface area contributed by atoms with Gasteiger partial charge >= 0.3 is 0 Å². The molecule has 1 aliphatic carbocycles. The van der Waals surface area contributed by atoms with E-state index in [4.69, 9.17) is 4.52 Å². The number of hydrogen-bond acceptors (Lipinski definition) is 3. The second kappa shape index (κ2) is 5.49. The van der Waals surface area contributed by atoms with Gasteiger partial charge < -0.3 is 9.84 Å². The van der Waals surface area contributed by atoms with Crippen molar-refractivity contribution in [3.8, 4) is 11.3 Å². The van der Waals surface area contributed by atoms with Crippen molar-refractivity contribution in [1.82, 2.24) is 10.5 Å². The first-order chi connectivity index (χ1) is 9.76. The highest BCUT2D eigenvalue weighted by Crippen LogP contribution is 2.30. The molecule has 1 fully saturated rings. The molecule has 1 aromatic carbocycles. The minimum Gasteiger partial charge on any atom is -0.350 e. The Balaban J connectivity index is 1.64. The summed E-state index contributed by atoms with van der Waals surface area (Å²) in [6.45, 7) is 2.19. The molecule has 1 heterocycles. The maximum atomic E-state index is 12.0. The van der Waals surface area contributed by atoms with Gasteiger partial charge in [-0.25, -0.2) is 0 Å². The van der Waals surface area contributed by atoms with Gasteiger partial charge in [-0.3, -0.25) is 4.79 Å². The molecule has 2 aromatic rings. The number of nitrogens with one attached hydrogen (secondary N) is 1. The highest BCUT2D eigenvalue weighted by Gasteiger charge is 2.29. The smallest absolute Gasteiger partial charge is 0.290 e. The van der Waals surface area contributed by atoms with E-state index in [1.165, 1.54) is 6.42 Å². The van der Waals surface area contributed by atoms with E-state index < -0.39 is 0 Å². The van der Waals surface area contributed by atoms with Crippen molar-refractivity contribution in [2.75, 3.05) is 0 Å². The van der Waals surface area contributed by atoms with Crippen LogP contribution < -0.4 is 5.32 Å². The van der Waals surface area contributed by atoms with Crippen molar-refractivity contribution in [3.63, 3.8) is 0 Å². The summed E-state index contributed by atoms with van der Waals surface area (Å²) in [6.07, 6.45) is 3.33. The lowest BCUT2D eigenvalue weighted by Crippen LogP contribution is -2.44. The molecule has 104 valence electrons. The van der Waals surface area contributed by atoms with Crippen LogP contribution in [0, 0.1) is 5.92 Å². The zero-order valence-corrected chi connectivity index (χ0v) is 11.5. The summed E-state index contributed by atoms with van der Waals surface area (Å²) in [5, 5.41) is 6.94. The van der Waals surface area contributed by atoms with Crippen molar-refractivity contribution in [1.29, 1.82) is 0 Å². The Bertz CT molecular complexity index is 586. The fraction of sp³-hybridized carbons (Fsp3) is 0.375. The normalized spacial score (nSPS) is 21.2. The first-order valence-electron chi connectivity index (χ1n) is 7.09. The van der Waals surface area contributed by atoms with E-state index in [0.717, 1.165) is 24.3 Å². The molecule has 0 saturated heterocycles. The quantitative estimate of drug-likeness (QED) is 0.927. The zero-order chi connectivity index (χ0) is 13.9. The molecule has 1 saturated carbocycles. The number of carbonyl (C=O) groups is 1. The zero-order valence-electron chi connectivity index (χ0n) is 11.5. The van der Waals surface area contributed by atoms with Crippen LogP contribution >= 0.6 is 0 Å². The molecular formula is C16H18N2O2. The topological polar surface area (TPSA) is 55.1 Å². The molecule has 1 aliphatic rings. The summed E-state index contributed by atoms with van der Waals surface area (Å²) < 4.78 is 5.14. The van der Waals surface area contributed by atoms with Gasteiger partial charge in [0.2, 0.25) is 5.76 Å². The first-order valence-corrected chi connectivity index (χ1v) is 7.09. The summed E-state index contributed by atoms with van der Waals surface area (Å²) in [5.41, 5.74) is 1.64. The molecule has 4 nitrogen and oxygen atoms in total. The van der Waals surface area contributed by atoms with E-state index >= 15 is 0 Å². The van der Waals surface area contributed by atoms with Gasteiger partial charge in [-0.2, -0.15) is 0 Å². The molecule has 0 bridgehead atoms. The van der Waals surface area contributed by atoms with E-state index in [2.05, 4.69) is 17.4 Å². The third kappa shape index (κ3) is 2.59. The molecule has 1 aromatic heterocycles. The second-order valence-electron chi connectivity index (χ2n) is 5.36. The maximum Gasteiger partial charge on any atom is 0.290 e. The number of carbonyl (C=O) groups excluding carboxylic acids is 1. The number of hydrogen-bond donors (Lipinski definition) is 1. The lowest BCUT2D eigenvalue weighted by atomic mass is 9.78. The summed E-state index contributed by atoms with van der Waals surface area (Å²) in [5.74, 6) is 0.873. The van der Waals surface area contributed by atoms with Crippen LogP contribution in [-0.4, -0.2) is 17.1 Å². The van der Waals surface area contributed by atoms with Crippen LogP contribution in [0.25, 0.3) is 11.3 Å². The molecule has 20 heavy (non-hydrogen) atoms. The maximum absolute atomic E-state index is 12.0. The summed E-state index contributed by atoms with van der Waals surface area (Å²) in [7, 11) is 0. The van der Waals surface area contributed by atoms with E-state index in [1.54, 1.807) is 6.07 Å². The largest absolute Gasteiger partial charge is 0.350 e. The molecule has 1 amide bonds. The summed E-state index contributed by atoms with van der Waals surface area (Å²) in [4.78, 5) is 12.0. The molecule has 0 radical (unpaired) electrons. The van der Waals surface area contributed by atoms with Gasteiger partial charge in [0.1, 0.15) is 5.69 Å². The Morgan fingerprint density at radius 2 is 2.10 bits per heavy atom. The number of aromatic nitrogens is 1. The average Bonchev–Trinajstić information content (AvgIpc) is 2.93. The standard InChI is InChI=1S/C16H18N2O2/c1-2-11-8-13(9-11)17-16(19)15-10-14(18-20-15)12-6-4-3-5-7-12/h3-7,10-11,13H,2,8-9H2,1H3,(H,17,19). The van der Waals surface area contributed by atoms with Crippen LogP contribution in [-0.2, 0) is 0 Å². The number of nitrogens with zero attached hydrogens (tertiary/aromatic N) is 1. The average molecular weight is 270 g/mol. The highest BCUT2D eigenvalue weighted by molar-refractivity contribution is 5.92. The van der Waals surface area contributed by atoms with Gasteiger partial charge in [0.15, 0.2) is 0 Å². The van der Waals surface area contributed by atoms with Crippen molar-refractivity contribution < 1.29 is 9.32 Å². The first kappa shape index (κ1) is 12.9. The van der Waals surface area contributed by atoms with Crippen molar-refractivity contribution in [3.05, 3.63) is 42.2 Å². The van der Waals surface area contributed by atoms with Crippen LogP contribution in [0.5, 0.6) is 0 Å². The van der Waals surface area contributed by atoms with Gasteiger partial charge in [0, 0.05) is 17.7 Å². The van der Waals surface area contributed by atoms with E-state index in [1.807, 2.05) is 30.3 Å². The Morgan fingerprint density at radius 3 is 2.80 bits per heavy atom. The summed E-state index contributed by atoms with van der Waals surface area (Å²) in [6, 6.07) is 11.7. The van der Waals surface area contributed by atoms with Gasteiger partial charge in [-0.05, 0) is 18.8 Å². The molecular weight excluding hydrogens is 252 g/mol. The fourth-order valence-corrected chi connectivity index (χ4v) is 2.57. The number of rotatable bonds is 4. The van der Waals surface area contributed by atoms with Crippen LogP contribution in [0.2, 0.25) is 0 Å². The van der Waals surface area contributed by atoms with Crippen LogP contribution in [0.4, 0.5) is 0 Å². The predicted octanol–water partition coefficient (Wildman–Crippen LogP) is 3.26. The molecule has 0 atom stereocenters. The van der Waals surface area contributed by atoms with E-state index in [-0.39, 0.29) is 17.7 Å². The third-order valence-corrected chi connectivity index (χ3v) is 3.95. The fourth-order valence-electron chi connectivity index (χ4n) is 2.57. The van der Waals surface area contributed by atoms with Crippen LogP contribution in [0.3, 0.4) is 0 Å². The molecule has 0 spiro atoms. The van der Waals surface area contributed by atoms with Gasteiger partial charge in [-0.15, -0.1) is 0 Å². The molecule has 0 aliphatic heterocycles. The van der Waals surface area contributed by atoms with E-state index in [9.17, 15) is 4.79 Å². The minimum absolute atomic E-state index is 0.167. The van der Waals surface area contributed by atoms with Crippen molar-refractivity contribution >= 4 is 5.91 Å². The predicted molar refractivity (Wildman–Crippen MR) is 76.2 cm³/mol. The second-order valence-corrected chi connectivity index (χ2v) is 5.36. The number of benzene rings is 1. The Hall–Kier alpha value is -2.10. The Labute approximate surface area is 118 Å². The third-order valence-electron chi connectivity index (χ3n) is 3.95. The molecule has 3 rings (SSSR count). The van der Waals surface area contributed by atoms with Crippen LogP contribution in [0.1, 0.15) is 36.7 Å². The number of amides is 1. The molecule has 4 heteroatoms. The Morgan fingerprint density at radius 1 is 1.35 bits per heavy atom. The van der Waals surface area contributed by atoms with Gasteiger partial charge in [0.05, 0.1) is 0 Å². The van der Waals surface area contributed by atoms with Crippen molar-refractivity contribution in [2.24, 2.45) is 5.92 Å². The van der Waals surface area contributed by atoms with Gasteiger partial charge in [-0.1, -0.05) is 48.8 Å². The lowest BCUT2D eigenvalue weighted by Gasteiger charge is -2.34. The summed E-state index contributed by atoms with van der Waals surface area (Å²) >= 11 is 0. The molecule has 0 unspecified atom stereocenters. The lowest BCUT2D eigenvalue weighted by molar-refractivity contribution is 0.0850. The minimum atomic E-state index is -0.167.